The summed E-state index contributed by atoms with van der Waals surface area (Å²) in [7, 11) is -3.36. The van der Waals surface area contributed by atoms with Crippen LogP contribution in [-0.2, 0) is 21.0 Å². The van der Waals surface area contributed by atoms with E-state index < -0.39 is 10.1 Å². The molecule has 0 unspecified atom stereocenters. The Morgan fingerprint density at radius 3 is 2.47 bits per heavy atom. The topological polar surface area (TPSA) is 47.3 Å². The average molecular weight is 230 g/mol. The first kappa shape index (κ1) is 12.1. The number of hydrogen-bond acceptors (Lipinski definition) is 3. The van der Waals surface area contributed by atoms with Gasteiger partial charge in [-0.15, -0.1) is 0 Å². The summed E-state index contributed by atoms with van der Waals surface area (Å²) in [5, 5.41) is 0. The van der Waals surface area contributed by atoms with E-state index in [1.54, 1.807) is 17.0 Å². The van der Waals surface area contributed by atoms with Crippen LogP contribution in [-0.4, -0.2) is 14.2 Å². The number of pyridine rings is 1. The Labute approximate surface area is 90.6 Å². The molecule has 0 atom stereocenters. The summed E-state index contributed by atoms with van der Waals surface area (Å²) < 4.78 is 29.2. The molecule has 4 nitrogen and oxygen atoms in total. The highest BCUT2D eigenvalue weighted by Gasteiger charge is 2.12. The molecule has 0 spiro atoms. The van der Waals surface area contributed by atoms with Crippen molar-refractivity contribution in [2.75, 3.05) is 5.75 Å². The van der Waals surface area contributed by atoms with Gasteiger partial charge in [0.05, 0.1) is 5.75 Å². The molecule has 1 heterocycles. The van der Waals surface area contributed by atoms with E-state index in [2.05, 4.69) is 0 Å². The van der Waals surface area contributed by atoms with Gasteiger partial charge in [-0.05, 0) is 6.42 Å². The highest BCUT2D eigenvalue weighted by atomic mass is 32.2. The van der Waals surface area contributed by atoms with E-state index in [0.717, 1.165) is 6.42 Å². The number of rotatable bonds is 6. The van der Waals surface area contributed by atoms with Crippen LogP contribution in [0.15, 0.2) is 30.6 Å². The van der Waals surface area contributed by atoms with E-state index in [1.165, 1.54) is 0 Å². The van der Waals surface area contributed by atoms with Gasteiger partial charge in [-0.3, -0.25) is 0 Å². The molecule has 1 aromatic heterocycles. The maximum absolute atomic E-state index is 11.3. The van der Waals surface area contributed by atoms with Gasteiger partial charge < -0.3 is 0 Å². The Balaban J connectivity index is 2.43. The van der Waals surface area contributed by atoms with Crippen molar-refractivity contribution in [3.05, 3.63) is 30.6 Å². The lowest BCUT2D eigenvalue weighted by atomic mass is 10.4. The van der Waals surface area contributed by atoms with E-state index in [1.807, 2.05) is 25.1 Å². The Morgan fingerprint density at radius 1 is 1.20 bits per heavy atom. The second-order valence-corrected chi connectivity index (χ2v) is 5.01. The summed E-state index contributed by atoms with van der Waals surface area (Å²) in [4.78, 5) is 0. The quantitative estimate of drug-likeness (QED) is 0.542. The summed E-state index contributed by atoms with van der Waals surface area (Å²) in [6.07, 6.45) is 5.01. The zero-order valence-corrected chi connectivity index (χ0v) is 9.61. The summed E-state index contributed by atoms with van der Waals surface area (Å²) in [6.45, 7) is 1.99. The molecule has 0 aliphatic carbocycles. The van der Waals surface area contributed by atoms with Crippen molar-refractivity contribution in [1.82, 2.24) is 0 Å². The highest BCUT2D eigenvalue weighted by Crippen LogP contribution is 1.98. The second-order valence-electron chi connectivity index (χ2n) is 3.25. The molecule has 0 fully saturated rings. The first-order valence-corrected chi connectivity index (χ1v) is 6.53. The Hall–Kier alpha value is -0.940. The van der Waals surface area contributed by atoms with Crippen molar-refractivity contribution in [2.45, 2.75) is 26.5 Å². The van der Waals surface area contributed by atoms with Gasteiger partial charge >= 0.3 is 0 Å². The summed E-state index contributed by atoms with van der Waals surface area (Å²) in [5.41, 5.74) is 0. The van der Waals surface area contributed by atoms with E-state index in [4.69, 9.17) is 4.18 Å². The first-order chi connectivity index (χ1) is 7.14. The smallest absolute Gasteiger partial charge is 0.205 e. The van der Waals surface area contributed by atoms with Crippen molar-refractivity contribution in [1.29, 1.82) is 0 Å². The molecule has 15 heavy (non-hydrogen) atoms. The van der Waals surface area contributed by atoms with Crippen LogP contribution in [0.4, 0.5) is 0 Å². The molecule has 0 aromatic carbocycles. The van der Waals surface area contributed by atoms with Crippen molar-refractivity contribution in [3.8, 4) is 0 Å². The van der Waals surface area contributed by atoms with Gasteiger partial charge in [-0.25, -0.2) is 4.18 Å². The lowest BCUT2D eigenvalue weighted by Gasteiger charge is -2.01. The molecule has 0 N–H and O–H groups in total. The summed E-state index contributed by atoms with van der Waals surface area (Å²) in [5.74, 6) is 0.0941. The second kappa shape index (κ2) is 5.82. The fraction of sp³-hybridized carbons (Fsp3) is 0.500. The highest BCUT2D eigenvalue weighted by molar-refractivity contribution is 7.86. The van der Waals surface area contributed by atoms with Crippen LogP contribution in [0.3, 0.4) is 0 Å². The largest absolute Gasteiger partial charge is 0.272 e. The van der Waals surface area contributed by atoms with Gasteiger partial charge in [0, 0.05) is 12.1 Å². The van der Waals surface area contributed by atoms with Crippen LogP contribution in [0.1, 0.15) is 19.8 Å². The first-order valence-electron chi connectivity index (χ1n) is 4.95. The van der Waals surface area contributed by atoms with Gasteiger partial charge in [-0.2, -0.15) is 13.0 Å². The van der Waals surface area contributed by atoms with Crippen LogP contribution in [0, 0.1) is 0 Å². The van der Waals surface area contributed by atoms with Gasteiger partial charge in [0.15, 0.2) is 12.4 Å². The van der Waals surface area contributed by atoms with Crippen molar-refractivity contribution in [3.63, 3.8) is 0 Å². The molecule has 0 aliphatic rings. The van der Waals surface area contributed by atoms with Gasteiger partial charge in [0.2, 0.25) is 0 Å². The molecular weight excluding hydrogens is 214 g/mol. The molecule has 0 saturated heterocycles. The van der Waals surface area contributed by atoms with E-state index in [9.17, 15) is 8.42 Å². The molecular formula is C10H16NO3S+. The normalized spacial score (nSPS) is 11.5. The van der Waals surface area contributed by atoms with Crippen LogP contribution >= 0.6 is 0 Å². The zero-order chi connectivity index (χ0) is 11.1. The third-order valence-electron chi connectivity index (χ3n) is 1.91. The number of hydrogen-bond donors (Lipinski definition) is 0. The van der Waals surface area contributed by atoms with Crippen LogP contribution < -0.4 is 4.57 Å². The van der Waals surface area contributed by atoms with Crippen molar-refractivity contribution >= 4 is 10.1 Å². The fourth-order valence-corrected chi connectivity index (χ4v) is 2.08. The minimum Gasteiger partial charge on any atom is -0.205 e. The van der Waals surface area contributed by atoms with E-state index in [0.29, 0.717) is 6.42 Å². The maximum Gasteiger partial charge on any atom is 0.272 e. The van der Waals surface area contributed by atoms with Crippen molar-refractivity contribution in [2.24, 2.45) is 0 Å². The minimum absolute atomic E-state index is 0.0485. The molecule has 5 heteroatoms. The number of unbranched alkanes of at least 4 members (excludes halogenated alkanes) is 1. The molecule has 84 valence electrons. The molecule has 1 rings (SSSR count). The third kappa shape index (κ3) is 4.90. The molecule has 0 amide bonds. The van der Waals surface area contributed by atoms with E-state index in [-0.39, 0.29) is 12.5 Å². The number of nitrogens with zero attached hydrogens (tertiary/aromatic N) is 1. The van der Waals surface area contributed by atoms with Crippen molar-refractivity contribution < 1.29 is 17.2 Å². The third-order valence-corrected chi connectivity index (χ3v) is 3.16. The van der Waals surface area contributed by atoms with Crippen LogP contribution in [0.25, 0.3) is 0 Å². The lowest BCUT2D eigenvalue weighted by Crippen LogP contribution is -2.35. The summed E-state index contributed by atoms with van der Waals surface area (Å²) in [6, 6.07) is 5.51. The summed E-state index contributed by atoms with van der Waals surface area (Å²) >= 11 is 0. The van der Waals surface area contributed by atoms with Gasteiger partial charge in [0.25, 0.3) is 16.8 Å². The minimum atomic E-state index is -3.36. The SMILES string of the molecule is CCCCS(=O)(=O)OC[n+]1ccccc1. The average Bonchev–Trinajstić information content (AvgIpc) is 2.25. The van der Waals surface area contributed by atoms with Gasteiger partial charge in [-0.1, -0.05) is 19.4 Å². The predicted octanol–water partition coefficient (Wildman–Crippen LogP) is 1.08. The lowest BCUT2D eigenvalue weighted by molar-refractivity contribution is -0.724. The maximum atomic E-state index is 11.3. The van der Waals surface area contributed by atoms with Crippen LogP contribution in [0.2, 0.25) is 0 Å². The standard InChI is InChI=1S/C10H16NO3S/c1-2-3-9-15(12,13)14-10-11-7-5-4-6-8-11/h4-8H,2-3,9-10H2,1H3/q+1. The Morgan fingerprint density at radius 2 is 1.87 bits per heavy atom. The monoisotopic (exact) mass is 230 g/mol. The van der Waals surface area contributed by atoms with E-state index >= 15 is 0 Å². The molecule has 0 bridgehead atoms. The fourth-order valence-electron chi connectivity index (χ4n) is 1.04. The van der Waals surface area contributed by atoms with Gasteiger partial charge in [0.1, 0.15) is 0 Å². The molecule has 0 saturated carbocycles. The molecule has 0 radical (unpaired) electrons. The molecule has 1 aromatic rings. The Bertz CT molecular complexity index is 375. The van der Waals surface area contributed by atoms with Crippen LogP contribution in [0.5, 0.6) is 0 Å². The zero-order valence-electron chi connectivity index (χ0n) is 8.80. The molecule has 0 aliphatic heterocycles. The predicted molar refractivity (Wildman–Crippen MR) is 56.4 cm³/mol. The number of aromatic nitrogens is 1. The Kier molecular flexibility index (Phi) is 4.71.